The van der Waals surface area contributed by atoms with Gasteiger partial charge in [-0.3, -0.25) is 0 Å². The Morgan fingerprint density at radius 3 is 2.47 bits per heavy atom. The number of allylic oxidation sites excluding steroid dienone is 1. The van der Waals surface area contributed by atoms with Gasteiger partial charge in [0.1, 0.15) is 0 Å². The van der Waals surface area contributed by atoms with Crippen LogP contribution in [0.2, 0.25) is 0 Å². The van der Waals surface area contributed by atoms with Crippen LogP contribution in [0.15, 0.2) is 42.8 Å². The van der Waals surface area contributed by atoms with E-state index in [1.807, 2.05) is 6.92 Å². The summed E-state index contributed by atoms with van der Waals surface area (Å²) in [4.78, 5) is 2.39. The Hall–Kier alpha value is -1.74. The number of hydrogen-bond donors (Lipinski definition) is 2. The van der Waals surface area contributed by atoms with Crippen LogP contribution in [-0.2, 0) is 0 Å². The number of nitrogens with two attached hydrogens (primary N) is 1. The molecule has 2 atom stereocenters. The fraction of sp³-hybridized carbons (Fsp3) is 0.630. The summed E-state index contributed by atoms with van der Waals surface area (Å²) in [5.74, 6) is 0.540. The highest BCUT2D eigenvalue weighted by Crippen LogP contribution is 2.43. The molecule has 1 aliphatic heterocycles. The molecule has 0 amide bonds. The number of nitrogens with one attached hydrogen (secondary N) is 1. The molecule has 0 spiro atoms. The third-order valence-electron chi connectivity index (χ3n) is 6.59. The van der Waals surface area contributed by atoms with Crippen molar-refractivity contribution >= 4 is 11.4 Å². The number of benzene rings is 1. The van der Waals surface area contributed by atoms with Crippen LogP contribution in [0.5, 0.6) is 0 Å². The van der Waals surface area contributed by atoms with Crippen LogP contribution in [0.25, 0.3) is 0 Å². The Balaban J connectivity index is 2.16. The van der Waals surface area contributed by atoms with Crippen LogP contribution >= 0.6 is 0 Å². The summed E-state index contributed by atoms with van der Waals surface area (Å²) in [5, 5.41) is 3.46. The summed E-state index contributed by atoms with van der Waals surface area (Å²) >= 11 is 0. The summed E-state index contributed by atoms with van der Waals surface area (Å²) in [5.41, 5.74) is 13.0. The second kappa shape index (κ2) is 9.60. The van der Waals surface area contributed by atoms with Gasteiger partial charge in [-0.15, -0.1) is 0 Å². The van der Waals surface area contributed by atoms with E-state index in [0.29, 0.717) is 11.3 Å². The average molecular weight is 412 g/mol. The van der Waals surface area contributed by atoms with Gasteiger partial charge in [-0.1, -0.05) is 73.3 Å². The van der Waals surface area contributed by atoms with Crippen LogP contribution in [0.3, 0.4) is 0 Å². The van der Waals surface area contributed by atoms with Gasteiger partial charge in [0.15, 0.2) is 0 Å². The van der Waals surface area contributed by atoms with E-state index >= 15 is 0 Å². The first kappa shape index (κ1) is 24.5. The van der Waals surface area contributed by atoms with Crippen molar-refractivity contribution in [1.82, 2.24) is 0 Å². The number of hydrogen-bond acceptors (Lipinski definition) is 3. The summed E-state index contributed by atoms with van der Waals surface area (Å²) in [6.07, 6.45) is 5.55. The average Bonchev–Trinajstić information content (AvgIpc) is 2.60. The number of para-hydroxylation sites is 1. The molecule has 0 aromatic heterocycles. The number of fused-ring (bicyclic) bond motifs is 1. The van der Waals surface area contributed by atoms with Gasteiger partial charge in [0, 0.05) is 30.4 Å². The topological polar surface area (TPSA) is 41.3 Å². The van der Waals surface area contributed by atoms with E-state index in [1.165, 1.54) is 24.1 Å². The zero-order chi connectivity index (χ0) is 22.7. The van der Waals surface area contributed by atoms with Crippen LogP contribution in [0.4, 0.5) is 11.4 Å². The highest BCUT2D eigenvalue weighted by Gasteiger charge is 2.31. The predicted octanol–water partition coefficient (Wildman–Crippen LogP) is 7.42. The van der Waals surface area contributed by atoms with E-state index in [-0.39, 0.29) is 11.5 Å². The minimum atomic E-state index is 0.0917. The Kier molecular flexibility index (Phi) is 7.85. The maximum Gasteiger partial charge on any atom is 0.0682 e. The van der Waals surface area contributed by atoms with Gasteiger partial charge in [0.05, 0.1) is 11.4 Å². The molecule has 0 saturated carbocycles. The van der Waals surface area contributed by atoms with Gasteiger partial charge in [-0.2, -0.15) is 0 Å². The van der Waals surface area contributed by atoms with E-state index in [1.54, 1.807) is 0 Å². The molecule has 3 heteroatoms. The van der Waals surface area contributed by atoms with Crippen LogP contribution in [0, 0.1) is 10.8 Å². The Bertz CT molecular complexity index is 754. The molecule has 2 rings (SSSR count). The van der Waals surface area contributed by atoms with E-state index in [4.69, 9.17) is 5.73 Å². The molecule has 0 radical (unpaired) electrons. The lowest BCUT2D eigenvalue weighted by molar-refractivity contribution is 0.233. The zero-order valence-corrected chi connectivity index (χ0v) is 20.6. The molecule has 1 heterocycles. The minimum absolute atomic E-state index is 0.0917. The molecule has 3 N–H and O–H groups in total. The largest absolute Gasteiger partial charge is 0.358 e. The predicted molar refractivity (Wildman–Crippen MR) is 134 cm³/mol. The quantitative estimate of drug-likeness (QED) is 0.444. The third kappa shape index (κ3) is 6.38. The molecule has 30 heavy (non-hydrogen) atoms. The van der Waals surface area contributed by atoms with Crippen LogP contribution < -0.4 is 16.0 Å². The van der Waals surface area contributed by atoms with Crippen molar-refractivity contribution in [1.29, 1.82) is 0 Å². The first-order chi connectivity index (χ1) is 13.8. The summed E-state index contributed by atoms with van der Waals surface area (Å²) in [6.45, 7) is 25.4. The van der Waals surface area contributed by atoms with E-state index in [9.17, 15) is 0 Å². The standard InChI is InChI=1S/C27H45N3/c1-19(2)29-23-13-10-12-22-20(3)14-17-30(25(22)23)21(4)18-24(28)27(8,9)16-11-15-26(5,6)7/h10,12-13,20,24,29H,1,4,11,14-18,28H2,2-3,5-9H3. The Labute approximate surface area is 185 Å². The van der Waals surface area contributed by atoms with E-state index < -0.39 is 0 Å². The Morgan fingerprint density at radius 2 is 1.87 bits per heavy atom. The number of nitrogens with zero attached hydrogens (tertiary/aromatic N) is 1. The van der Waals surface area contributed by atoms with Gasteiger partial charge < -0.3 is 16.0 Å². The molecule has 168 valence electrons. The fourth-order valence-corrected chi connectivity index (χ4v) is 4.40. The molecule has 0 saturated heterocycles. The molecule has 2 unspecified atom stereocenters. The van der Waals surface area contributed by atoms with Crippen molar-refractivity contribution in [2.24, 2.45) is 16.6 Å². The second-order valence-electron chi connectivity index (χ2n) is 11.3. The molecule has 1 aromatic rings. The van der Waals surface area contributed by atoms with Crippen molar-refractivity contribution in [3.8, 4) is 0 Å². The van der Waals surface area contributed by atoms with Crippen LogP contribution in [0.1, 0.15) is 92.1 Å². The molecular weight excluding hydrogens is 366 g/mol. The smallest absolute Gasteiger partial charge is 0.0682 e. The number of rotatable bonds is 9. The first-order valence-corrected chi connectivity index (χ1v) is 11.6. The molecule has 0 aliphatic carbocycles. The van der Waals surface area contributed by atoms with Crippen LogP contribution in [-0.4, -0.2) is 12.6 Å². The lowest BCUT2D eigenvalue weighted by Crippen LogP contribution is -2.40. The normalized spacial score (nSPS) is 18.0. The molecule has 0 bridgehead atoms. The molecule has 1 aliphatic rings. The summed E-state index contributed by atoms with van der Waals surface area (Å²) in [7, 11) is 0. The first-order valence-electron chi connectivity index (χ1n) is 11.6. The van der Waals surface area contributed by atoms with Gasteiger partial charge >= 0.3 is 0 Å². The number of anilines is 2. The molecule has 3 nitrogen and oxygen atoms in total. The molecular formula is C27H45N3. The molecule has 1 aromatic carbocycles. The van der Waals surface area contributed by atoms with Crippen molar-refractivity contribution in [2.45, 2.75) is 92.5 Å². The fourth-order valence-electron chi connectivity index (χ4n) is 4.40. The maximum absolute atomic E-state index is 6.76. The minimum Gasteiger partial charge on any atom is -0.358 e. The highest BCUT2D eigenvalue weighted by atomic mass is 15.2. The highest BCUT2D eigenvalue weighted by molar-refractivity contribution is 5.78. The monoisotopic (exact) mass is 411 g/mol. The van der Waals surface area contributed by atoms with Gasteiger partial charge in [0.25, 0.3) is 0 Å². The van der Waals surface area contributed by atoms with Crippen molar-refractivity contribution < 1.29 is 0 Å². The lowest BCUT2D eigenvalue weighted by atomic mass is 9.76. The van der Waals surface area contributed by atoms with Crippen molar-refractivity contribution in [3.05, 3.63) is 48.3 Å². The second-order valence-corrected chi connectivity index (χ2v) is 11.3. The third-order valence-corrected chi connectivity index (χ3v) is 6.59. The summed E-state index contributed by atoms with van der Waals surface area (Å²) in [6, 6.07) is 6.62. The van der Waals surface area contributed by atoms with E-state index in [0.717, 1.165) is 42.9 Å². The summed E-state index contributed by atoms with van der Waals surface area (Å²) < 4.78 is 0. The van der Waals surface area contributed by atoms with Gasteiger partial charge in [0.2, 0.25) is 0 Å². The van der Waals surface area contributed by atoms with Crippen molar-refractivity contribution in [3.63, 3.8) is 0 Å². The van der Waals surface area contributed by atoms with Gasteiger partial charge in [-0.25, -0.2) is 0 Å². The molecule has 0 fully saturated rings. The van der Waals surface area contributed by atoms with E-state index in [2.05, 4.69) is 83.1 Å². The van der Waals surface area contributed by atoms with Gasteiger partial charge in [-0.05, 0) is 54.6 Å². The van der Waals surface area contributed by atoms with Crippen molar-refractivity contribution in [2.75, 3.05) is 16.8 Å². The maximum atomic E-state index is 6.76. The SMILES string of the molecule is C=C(C)Nc1cccc2c1N(C(=C)CC(N)C(C)(C)CCCC(C)(C)C)CCC2C. The lowest BCUT2D eigenvalue weighted by Gasteiger charge is -2.40. The zero-order valence-electron chi connectivity index (χ0n) is 20.6. The Morgan fingerprint density at radius 1 is 1.20 bits per heavy atom.